The van der Waals surface area contributed by atoms with Crippen LogP contribution < -0.4 is 11.1 Å². The number of hydrogen-bond acceptors (Lipinski definition) is 29. The SMILES string of the molecule is CC(C)N1CCN(C)CC1.CC(C)N1CCNCC1.CC(C)N1CCOCC1.CC(C)N1CCS(=O)(=O)CC1.CC(C)c1cccnn1.CC(C)c1ccnc(N)n1.CC(C)c1ccncn1.CC(C)c1ccncn1.CC(C)c1ccnn1C.CC(C)c1ccnnc1.CC(C)c1cnccn1.CC(C)c1cncnc1.CC(C)c1ncccn1.CC1CN(C(C)C)CCO1. The van der Waals surface area contributed by atoms with E-state index in [0.29, 0.717) is 108 Å². The summed E-state index contributed by atoms with van der Waals surface area (Å²) in [6.07, 6.45) is 29.8. The van der Waals surface area contributed by atoms with Crippen LogP contribution in [-0.4, -0.2) is 294 Å². The Balaban J connectivity index is 0.000000706. The second-order valence-electron chi connectivity index (χ2n) is 36.7. The highest BCUT2D eigenvalue weighted by Crippen LogP contribution is 2.17. The van der Waals surface area contributed by atoms with Crippen molar-refractivity contribution >= 4 is 15.8 Å². The third-order valence-electron chi connectivity index (χ3n) is 21.2. The molecular weight excluding hydrogens is 1660 g/mol. The molecule has 5 aliphatic rings. The number of sulfone groups is 1. The number of aryl methyl sites for hydroxylation is 1. The van der Waals surface area contributed by atoms with Crippen LogP contribution in [0.3, 0.4) is 0 Å². The molecule has 1 unspecified atom stereocenters. The van der Waals surface area contributed by atoms with Crippen LogP contribution in [0.25, 0.3) is 0 Å². The molecule has 131 heavy (non-hydrogen) atoms. The van der Waals surface area contributed by atoms with Gasteiger partial charge >= 0.3 is 0 Å². The van der Waals surface area contributed by atoms with Gasteiger partial charge in [-0.2, -0.15) is 25.5 Å². The summed E-state index contributed by atoms with van der Waals surface area (Å²) in [7, 11) is 1.47. The average molecular weight is 1840 g/mol. The lowest BCUT2D eigenvalue weighted by Crippen LogP contribution is -2.47. The Kier molecular flexibility index (Phi) is 65.1. The molecule has 14 rings (SSSR count). The highest BCUT2D eigenvalue weighted by Gasteiger charge is 2.23. The van der Waals surface area contributed by atoms with Crippen LogP contribution in [-0.2, 0) is 26.4 Å². The molecule has 5 fully saturated rings. The molecule has 734 valence electrons. The van der Waals surface area contributed by atoms with E-state index in [0.717, 1.165) is 105 Å². The van der Waals surface area contributed by atoms with E-state index in [1.807, 2.05) is 78.9 Å². The third kappa shape index (κ3) is 58.8. The lowest BCUT2D eigenvalue weighted by atomic mass is 10.1. The molecule has 0 spiro atoms. The van der Waals surface area contributed by atoms with Crippen LogP contribution in [0.2, 0.25) is 0 Å². The zero-order valence-corrected chi connectivity index (χ0v) is 87.2. The van der Waals surface area contributed by atoms with Crippen molar-refractivity contribution in [3.8, 4) is 0 Å². The maximum Gasteiger partial charge on any atom is 0.220 e. The largest absolute Gasteiger partial charge is 0.379 e. The van der Waals surface area contributed by atoms with E-state index in [1.165, 1.54) is 56.1 Å². The molecule has 0 aliphatic carbocycles. The maximum atomic E-state index is 11.0. The van der Waals surface area contributed by atoms with Crippen LogP contribution in [0.1, 0.15) is 305 Å². The van der Waals surface area contributed by atoms with Crippen molar-refractivity contribution in [2.75, 3.05) is 136 Å². The molecule has 3 N–H and O–H groups in total. The van der Waals surface area contributed by atoms with Gasteiger partial charge < -0.3 is 25.4 Å². The topological polar surface area (TPSA) is 334 Å². The second-order valence-corrected chi connectivity index (χ2v) is 39.0. The predicted octanol–water partition coefficient (Wildman–Crippen LogP) is 16.8. The second kappa shape index (κ2) is 70.9. The van der Waals surface area contributed by atoms with Crippen LogP contribution in [0.5, 0.6) is 0 Å². The van der Waals surface area contributed by atoms with Gasteiger partial charge in [0.1, 0.15) is 24.8 Å². The zero-order valence-electron chi connectivity index (χ0n) is 86.4. The van der Waals surface area contributed by atoms with Gasteiger partial charge in [0, 0.05) is 238 Å². The Morgan fingerprint density at radius 1 is 0.374 bits per heavy atom. The number of nitrogen functional groups attached to an aromatic ring is 1. The number of nitrogens with two attached hydrogens (primary N) is 1. The van der Waals surface area contributed by atoms with Crippen molar-refractivity contribution in [1.29, 1.82) is 0 Å². The lowest BCUT2D eigenvalue weighted by Gasteiger charge is -2.34. The maximum absolute atomic E-state index is 11.0. The third-order valence-corrected chi connectivity index (χ3v) is 22.8. The Morgan fingerprint density at radius 3 is 1.19 bits per heavy atom. The Hall–Kier alpha value is -8.76. The van der Waals surface area contributed by atoms with Gasteiger partial charge in [0.2, 0.25) is 5.95 Å². The average Bonchev–Trinajstić information content (AvgIpc) is 1.83. The summed E-state index contributed by atoms with van der Waals surface area (Å²) in [6.45, 7) is 80.6. The summed E-state index contributed by atoms with van der Waals surface area (Å²) in [5.74, 6) is 6.46. The molecular formula is C100H174N26O4S. The molecule has 0 bridgehead atoms. The number of anilines is 1. The first kappa shape index (κ1) is 120. The number of piperazine rings is 2. The van der Waals surface area contributed by atoms with Gasteiger partial charge in [-0.15, -0.1) is 0 Å². The molecule has 1 atom stereocenters. The van der Waals surface area contributed by atoms with E-state index in [4.69, 9.17) is 15.2 Å². The van der Waals surface area contributed by atoms with E-state index >= 15 is 0 Å². The molecule has 0 saturated carbocycles. The summed E-state index contributed by atoms with van der Waals surface area (Å²) in [5, 5.41) is 22.5. The van der Waals surface area contributed by atoms with E-state index in [-0.39, 0.29) is 0 Å². The summed E-state index contributed by atoms with van der Waals surface area (Å²) in [4.78, 5) is 62.1. The van der Waals surface area contributed by atoms with Crippen LogP contribution in [0.15, 0.2) is 154 Å². The molecule has 30 nitrogen and oxygen atoms in total. The van der Waals surface area contributed by atoms with Crippen LogP contribution in [0.4, 0.5) is 5.95 Å². The quantitative estimate of drug-likeness (QED) is 0.102. The zero-order chi connectivity index (χ0) is 98.2. The van der Waals surface area contributed by atoms with E-state index < -0.39 is 9.84 Å². The summed E-state index contributed by atoms with van der Waals surface area (Å²) < 4.78 is 34.5. The van der Waals surface area contributed by atoms with Crippen molar-refractivity contribution < 1.29 is 17.9 Å². The van der Waals surface area contributed by atoms with Crippen LogP contribution in [0, 0.1) is 0 Å². The van der Waals surface area contributed by atoms with Crippen molar-refractivity contribution in [3.05, 3.63) is 205 Å². The number of likely N-dealkylation sites (N-methyl/N-ethyl adjacent to an activating group) is 1. The number of nitrogens with zero attached hydrogens (tertiary/aromatic N) is 24. The first-order valence-electron chi connectivity index (χ1n) is 47.5. The fraction of sp³-hybridized carbons (Fsp3) is 0.650. The monoisotopic (exact) mass is 1840 g/mol. The molecule has 9 aromatic heterocycles. The molecule has 5 aliphatic heterocycles. The highest BCUT2D eigenvalue weighted by atomic mass is 32.2. The van der Waals surface area contributed by atoms with Gasteiger partial charge in [0.25, 0.3) is 0 Å². The number of aromatic nitrogens is 18. The number of ether oxygens (including phenoxy) is 2. The van der Waals surface area contributed by atoms with Gasteiger partial charge in [0.15, 0.2) is 9.84 Å². The Morgan fingerprint density at radius 2 is 0.870 bits per heavy atom. The van der Waals surface area contributed by atoms with Crippen molar-refractivity contribution in [1.82, 2.24) is 125 Å². The van der Waals surface area contributed by atoms with Gasteiger partial charge in [-0.25, -0.2) is 58.3 Å². The smallest absolute Gasteiger partial charge is 0.220 e. The minimum Gasteiger partial charge on any atom is -0.379 e. The van der Waals surface area contributed by atoms with Gasteiger partial charge in [-0.3, -0.25) is 39.1 Å². The fourth-order valence-electron chi connectivity index (χ4n) is 12.2. The van der Waals surface area contributed by atoms with E-state index in [9.17, 15) is 8.42 Å². The highest BCUT2D eigenvalue weighted by molar-refractivity contribution is 7.91. The fourth-order valence-corrected chi connectivity index (χ4v) is 13.5. The van der Waals surface area contributed by atoms with Gasteiger partial charge in [-0.05, 0) is 190 Å². The number of rotatable bonds is 14. The van der Waals surface area contributed by atoms with Gasteiger partial charge in [-0.1, -0.05) is 125 Å². The number of nitrogens with one attached hydrogen (secondary N) is 1. The first-order chi connectivity index (χ1) is 62.1. The summed E-state index contributed by atoms with van der Waals surface area (Å²) >= 11 is 0. The molecule has 14 heterocycles. The van der Waals surface area contributed by atoms with Gasteiger partial charge in [0.05, 0.1) is 55.0 Å². The summed E-state index contributed by atoms with van der Waals surface area (Å²) in [6, 6.07) is 18.8. The van der Waals surface area contributed by atoms with E-state index in [1.54, 1.807) is 87.1 Å². The molecule has 0 radical (unpaired) electrons. The predicted molar refractivity (Wildman–Crippen MR) is 539 cm³/mol. The summed E-state index contributed by atoms with van der Waals surface area (Å²) in [5.41, 5.74) is 14.4. The molecule has 31 heteroatoms. The normalized spacial score (nSPS) is 15.8. The Bertz CT molecular complexity index is 3760. The lowest BCUT2D eigenvalue weighted by molar-refractivity contribution is -0.0289. The van der Waals surface area contributed by atoms with Crippen molar-refractivity contribution in [3.63, 3.8) is 0 Å². The van der Waals surface area contributed by atoms with Crippen molar-refractivity contribution in [2.45, 2.75) is 290 Å². The van der Waals surface area contributed by atoms with Crippen LogP contribution >= 0.6 is 0 Å². The molecule has 9 aromatic rings. The minimum atomic E-state index is -2.69. The Labute approximate surface area is 792 Å². The number of hydrogen-bond donors (Lipinski definition) is 2. The van der Waals surface area contributed by atoms with E-state index in [2.05, 4.69) is 328 Å². The number of morpholine rings is 2. The standard InChI is InChI=1S/C8H18N2.C8H17NO.C7H11N3.C7H10N2.C7H12N2.C7H16N2.6C7H10N2.C7H15NO2S.C7H15NO/c1-8(2)10-6-4-9(3)5-7-10;1-7(2)9-4-5-10-8(3)6-9;1-5(2)6-3-4-9-7(8)10-6;1-6(2)7-3-8-5-9-4-7;1-6(2)7-4-5-8-9(7)3;1-7(2)9-5-3-8-4-6-9;1-6(2)7-5-8-3-4-9-7;2*1-6(2)7-3-4-8-5-9-7;1-6(2)7-3-4-8-9-5-7;1-6(2)7-8-4-3-5-9-7;1-6(2)7-4-3-5-8-9-7;1-7(2)8-3-5-11(9,10)6-4-8;1-7(2)8-3-5-9-6-4-8/h8H,4-7H2,1-3H3;7-8H,4-6H2,1-3H3;3-5H,1-2H3,(H2,8,9,10);3-6H,1-2H3;4-6H,1-3H3;7-8H,3-6H2,1-2H3;6*3-6H,1-2H3;7H,3-6H2,1-2H3;7H,3-6H2,1-2H3. The first-order valence-corrected chi connectivity index (χ1v) is 49.3. The molecule has 0 amide bonds. The molecule has 0 aromatic carbocycles. The minimum absolute atomic E-state index is 0.338. The molecule has 5 saturated heterocycles. The van der Waals surface area contributed by atoms with Crippen molar-refractivity contribution in [2.24, 2.45) is 7.05 Å².